The van der Waals surface area contributed by atoms with Crippen molar-refractivity contribution in [2.45, 2.75) is 19.9 Å². The fourth-order valence-corrected chi connectivity index (χ4v) is 6.23. The van der Waals surface area contributed by atoms with Crippen molar-refractivity contribution in [1.29, 1.82) is 5.26 Å². The first-order chi connectivity index (χ1) is 19.8. The average Bonchev–Trinajstić information content (AvgIpc) is 3.56. The number of carbonyl (C=O) groups excluding carboxylic acids is 1. The van der Waals surface area contributed by atoms with Gasteiger partial charge in [0.2, 0.25) is 0 Å². The Kier molecular flexibility index (Phi) is 7.97. The van der Waals surface area contributed by atoms with Crippen LogP contribution in [0.5, 0.6) is 11.5 Å². The first-order valence-electron chi connectivity index (χ1n) is 12.5. The van der Waals surface area contributed by atoms with Crippen molar-refractivity contribution in [2.24, 2.45) is 4.99 Å². The molecule has 0 saturated carbocycles. The number of esters is 1. The number of carbonyl (C=O) groups is 1. The number of fused-ring (bicyclic) bond motifs is 1. The summed E-state index contributed by atoms with van der Waals surface area (Å²) in [6.07, 6.45) is 1.63. The molecule has 0 radical (unpaired) electrons. The van der Waals surface area contributed by atoms with E-state index < -0.39 is 12.0 Å². The normalized spacial score (nSPS) is 14.7. The number of ether oxygens (including phenoxy) is 3. The van der Waals surface area contributed by atoms with Crippen LogP contribution in [-0.4, -0.2) is 31.4 Å². The van der Waals surface area contributed by atoms with E-state index in [2.05, 4.69) is 27.0 Å². The summed E-state index contributed by atoms with van der Waals surface area (Å²) in [6, 6.07) is 15.4. The highest BCUT2D eigenvalue weighted by Gasteiger charge is 2.35. The molecule has 0 N–H and O–H groups in total. The molecule has 0 fully saturated rings. The number of nitrogens with zero attached hydrogens (tertiary/aromatic N) is 3. The molecule has 4 aromatic rings. The highest BCUT2D eigenvalue weighted by atomic mass is 79.9. The number of rotatable bonds is 7. The van der Waals surface area contributed by atoms with E-state index in [-0.39, 0.29) is 17.7 Å². The van der Waals surface area contributed by atoms with E-state index in [4.69, 9.17) is 18.6 Å². The minimum absolute atomic E-state index is 0.162. The van der Waals surface area contributed by atoms with Crippen LogP contribution in [-0.2, 0) is 9.53 Å². The largest absolute Gasteiger partial charge is 0.493 e. The molecule has 0 saturated heterocycles. The van der Waals surface area contributed by atoms with E-state index in [1.165, 1.54) is 30.1 Å². The van der Waals surface area contributed by atoms with Gasteiger partial charge in [-0.2, -0.15) is 5.26 Å². The summed E-state index contributed by atoms with van der Waals surface area (Å²) in [7, 11) is 3.04. The Morgan fingerprint density at radius 3 is 2.63 bits per heavy atom. The zero-order valence-electron chi connectivity index (χ0n) is 22.6. The van der Waals surface area contributed by atoms with Crippen LogP contribution in [0.1, 0.15) is 36.8 Å². The Hall–Kier alpha value is -4.40. The molecular weight excluding hydrogens is 610 g/mol. The van der Waals surface area contributed by atoms with Crippen molar-refractivity contribution >= 4 is 39.3 Å². The minimum atomic E-state index is -0.851. The van der Waals surface area contributed by atoms with Gasteiger partial charge in [0.1, 0.15) is 11.5 Å². The van der Waals surface area contributed by atoms with E-state index in [0.717, 1.165) is 0 Å². The Bertz CT molecular complexity index is 1930. The Morgan fingerprint density at radius 2 is 1.93 bits per heavy atom. The minimum Gasteiger partial charge on any atom is -0.493 e. The summed E-state index contributed by atoms with van der Waals surface area (Å²) < 4.78 is 24.8. The van der Waals surface area contributed by atoms with Crippen molar-refractivity contribution in [3.8, 4) is 28.9 Å². The summed E-state index contributed by atoms with van der Waals surface area (Å²) in [4.78, 5) is 32.2. The smallest absolute Gasteiger partial charge is 0.338 e. The second-order valence-electron chi connectivity index (χ2n) is 8.89. The quantitative estimate of drug-likeness (QED) is 0.271. The maximum absolute atomic E-state index is 14.0. The van der Waals surface area contributed by atoms with Crippen molar-refractivity contribution in [1.82, 2.24) is 4.57 Å². The van der Waals surface area contributed by atoms with Gasteiger partial charge in [0.05, 0.1) is 54.3 Å². The number of hydrogen-bond donors (Lipinski definition) is 0. The van der Waals surface area contributed by atoms with Gasteiger partial charge in [-0.1, -0.05) is 39.4 Å². The SMILES string of the molecule is CCOC(=O)C1=C(C)N=c2s/c(=C\c3ccc(-c4ccccc4C#N)o3)c(=O)n2C1c1cc(OC)c(OC)cc1Br. The first kappa shape index (κ1) is 28.1. The number of benzene rings is 2. The number of hydrogen-bond acceptors (Lipinski definition) is 9. The molecule has 2 aromatic heterocycles. The maximum Gasteiger partial charge on any atom is 0.338 e. The number of aromatic nitrogens is 1. The lowest BCUT2D eigenvalue weighted by Gasteiger charge is -2.26. The monoisotopic (exact) mass is 633 g/mol. The molecule has 0 amide bonds. The molecule has 41 heavy (non-hydrogen) atoms. The molecular formula is C30H24BrN3O6S. The molecule has 5 rings (SSSR count). The molecule has 11 heteroatoms. The summed E-state index contributed by atoms with van der Waals surface area (Å²) >= 11 is 4.78. The van der Waals surface area contributed by atoms with E-state index >= 15 is 0 Å². The van der Waals surface area contributed by atoms with E-state index in [1.54, 1.807) is 62.4 Å². The van der Waals surface area contributed by atoms with Crippen LogP contribution < -0.4 is 24.4 Å². The number of halogens is 1. The summed E-state index contributed by atoms with van der Waals surface area (Å²) in [5, 5.41) is 9.46. The van der Waals surface area contributed by atoms with Crippen molar-refractivity contribution in [2.75, 3.05) is 20.8 Å². The highest BCUT2D eigenvalue weighted by molar-refractivity contribution is 9.10. The van der Waals surface area contributed by atoms with Gasteiger partial charge in [0.15, 0.2) is 16.3 Å². The molecule has 0 bridgehead atoms. The van der Waals surface area contributed by atoms with Crippen LogP contribution in [0.15, 0.2) is 78.5 Å². The second-order valence-corrected chi connectivity index (χ2v) is 10.8. The number of thiazole rings is 1. The third-order valence-electron chi connectivity index (χ3n) is 6.53. The second kappa shape index (κ2) is 11.6. The standard InChI is InChI=1S/C30H24BrN3O6S/c1-5-39-29(36)26-16(2)33-30-34(27(26)20-13-23(37-3)24(38-4)14-21(20)31)28(35)25(41-30)12-18-10-11-22(40-18)19-9-7-6-8-17(19)15-32/h6-14,27H,5H2,1-4H3/b25-12-. The number of allylic oxidation sites excluding steroid dienone is 1. The maximum atomic E-state index is 14.0. The number of nitriles is 1. The average molecular weight is 635 g/mol. The van der Waals surface area contributed by atoms with Crippen LogP contribution in [0, 0.1) is 11.3 Å². The zero-order chi connectivity index (χ0) is 29.3. The summed E-state index contributed by atoms with van der Waals surface area (Å²) in [5.74, 6) is 1.30. The summed E-state index contributed by atoms with van der Waals surface area (Å²) in [6.45, 7) is 3.60. The third-order valence-corrected chi connectivity index (χ3v) is 8.20. The first-order valence-corrected chi connectivity index (χ1v) is 14.1. The molecule has 2 aromatic carbocycles. The van der Waals surface area contributed by atoms with Gasteiger partial charge in [0, 0.05) is 16.1 Å². The lowest BCUT2D eigenvalue weighted by atomic mass is 9.95. The third kappa shape index (κ3) is 5.12. The van der Waals surface area contributed by atoms with Crippen molar-refractivity contribution in [3.05, 3.63) is 101 Å². The fraction of sp³-hybridized carbons (Fsp3) is 0.200. The van der Waals surface area contributed by atoms with Crippen LogP contribution in [0.25, 0.3) is 17.4 Å². The Labute approximate surface area is 247 Å². The van der Waals surface area contributed by atoms with E-state index in [9.17, 15) is 14.9 Å². The van der Waals surface area contributed by atoms with E-state index in [0.29, 0.717) is 59.2 Å². The molecule has 0 spiro atoms. The highest BCUT2D eigenvalue weighted by Crippen LogP contribution is 2.40. The molecule has 1 atom stereocenters. The Morgan fingerprint density at radius 1 is 1.20 bits per heavy atom. The molecule has 3 heterocycles. The molecule has 1 unspecified atom stereocenters. The summed E-state index contributed by atoms with van der Waals surface area (Å²) in [5.41, 5.74) is 2.06. The topological polar surface area (TPSA) is 116 Å². The number of furan rings is 1. The van der Waals surface area contributed by atoms with Crippen LogP contribution in [0.2, 0.25) is 0 Å². The van der Waals surface area contributed by atoms with Gasteiger partial charge in [-0.15, -0.1) is 0 Å². The fourth-order valence-electron chi connectivity index (χ4n) is 4.67. The van der Waals surface area contributed by atoms with Crippen LogP contribution in [0.4, 0.5) is 0 Å². The molecule has 9 nitrogen and oxygen atoms in total. The van der Waals surface area contributed by atoms with Crippen LogP contribution in [0.3, 0.4) is 0 Å². The molecule has 208 valence electrons. The predicted octanol–water partition coefficient (Wildman–Crippen LogP) is 4.71. The van der Waals surface area contributed by atoms with Crippen molar-refractivity contribution in [3.63, 3.8) is 0 Å². The van der Waals surface area contributed by atoms with Gasteiger partial charge >= 0.3 is 5.97 Å². The van der Waals surface area contributed by atoms with Crippen LogP contribution >= 0.6 is 27.3 Å². The lowest BCUT2D eigenvalue weighted by Crippen LogP contribution is -2.40. The van der Waals surface area contributed by atoms with Gasteiger partial charge in [-0.3, -0.25) is 9.36 Å². The van der Waals surface area contributed by atoms with E-state index in [1.807, 2.05) is 6.07 Å². The zero-order valence-corrected chi connectivity index (χ0v) is 25.0. The van der Waals surface area contributed by atoms with Gasteiger partial charge in [-0.25, -0.2) is 9.79 Å². The molecule has 0 aliphatic carbocycles. The number of methoxy groups -OCH3 is 2. The molecule has 1 aliphatic heterocycles. The van der Waals surface area contributed by atoms with Gasteiger partial charge in [-0.05, 0) is 55.8 Å². The predicted molar refractivity (Wildman–Crippen MR) is 157 cm³/mol. The lowest BCUT2D eigenvalue weighted by molar-refractivity contribution is -0.139. The van der Waals surface area contributed by atoms with Gasteiger partial charge in [0.25, 0.3) is 5.56 Å². The van der Waals surface area contributed by atoms with Gasteiger partial charge < -0.3 is 18.6 Å². The molecule has 1 aliphatic rings. The Balaban J connectivity index is 1.69. The van der Waals surface area contributed by atoms with Crippen molar-refractivity contribution < 1.29 is 23.4 Å².